The molecular weight excluding hydrogens is 718 g/mol. The van der Waals surface area contributed by atoms with Crippen LogP contribution in [0, 0.1) is 7.14 Å². The summed E-state index contributed by atoms with van der Waals surface area (Å²) in [6.07, 6.45) is 1.43. The Hall–Kier alpha value is -3.46. The number of hydrogen-bond donors (Lipinski definition) is 2. The van der Waals surface area contributed by atoms with Gasteiger partial charge < -0.3 is 14.6 Å². The van der Waals surface area contributed by atoms with E-state index < -0.39 is 23.8 Å². The Kier molecular flexibility index (Phi) is 8.66. The number of halogens is 2. The average molecular weight is 738 g/mol. The van der Waals surface area contributed by atoms with Gasteiger partial charge in [0, 0.05) is 0 Å². The number of aromatic carboxylic acids is 1. The van der Waals surface area contributed by atoms with Gasteiger partial charge >= 0.3 is 12.0 Å². The number of barbiturate groups is 1. The molecule has 0 bridgehead atoms. The van der Waals surface area contributed by atoms with Gasteiger partial charge in [0.2, 0.25) is 0 Å². The van der Waals surface area contributed by atoms with Crippen LogP contribution in [0.2, 0.25) is 0 Å². The molecule has 1 saturated heterocycles. The summed E-state index contributed by atoms with van der Waals surface area (Å²) in [6, 6.07) is 15.5. The topological polar surface area (TPSA) is 122 Å². The van der Waals surface area contributed by atoms with E-state index in [1.54, 1.807) is 48.5 Å². The first-order valence-corrected chi connectivity index (χ1v) is 13.4. The minimum atomic E-state index is -0.997. The number of benzene rings is 3. The Balaban J connectivity index is 1.55. The van der Waals surface area contributed by atoms with Crippen molar-refractivity contribution in [1.82, 2.24) is 5.32 Å². The highest BCUT2D eigenvalue weighted by Crippen LogP contribution is 2.31. The van der Waals surface area contributed by atoms with Crippen molar-refractivity contribution < 1.29 is 33.8 Å². The van der Waals surface area contributed by atoms with Crippen LogP contribution in [-0.2, 0) is 16.2 Å². The largest absolute Gasteiger partial charge is 0.494 e. The minimum absolute atomic E-state index is 0.183. The molecule has 3 aromatic rings. The van der Waals surface area contributed by atoms with Crippen LogP contribution in [0.15, 0.2) is 66.2 Å². The van der Waals surface area contributed by atoms with Gasteiger partial charge in [-0.3, -0.25) is 14.9 Å². The van der Waals surface area contributed by atoms with E-state index in [-0.39, 0.29) is 17.7 Å². The van der Waals surface area contributed by atoms with Gasteiger partial charge in [0.25, 0.3) is 11.8 Å². The van der Waals surface area contributed by atoms with Crippen molar-refractivity contribution in [3.63, 3.8) is 0 Å². The zero-order chi connectivity index (χ0) is 27.4. The highest BCUT2D eigenvalue weighted by Gasteiger charge is 2.36. The third-order valence-corrected chi connectivity index (χ3v) is 7.03. The highest BCUT2D eigenvalue weighted by molar-refractivity contribution is 14.1. The molecule has 1 fully saturated rings. The van der Waals surface area contributed by atoms with Crippen molar-refractivity contribution in [2.45, 2.75) is 13.5 Å². The lowest BCUT2D eigenvalue weighted by Crippen LogP contribution is -2.54. The van der Waals surface area contributed by atoms with Crippen LogP contribution in [0.25, 0.3) is 6.08 Å². The normalized spacial score (nSPS) is 14.4. The fourth-order valence-corrected chi connectivity index (χ4v) is 5.74. The smallest absolute Gasteiger partial charge is 0.335 e. The van der Waals surface area contributed by atoms with Gasteiger partial charge in [-0.25, -0.2) is 14.5 Å². The molecule has 2 N–H and O–H groups in total. The van der Waals surface area contributed by atoms with E-state index in [0.29, 0.717) is 29.4 Å². The van der Waals surface area contributed by atoms with Gasteiger partial charge in [0.05, 0.1) is 25.0 Å². The highest BCUT2D eigenvalue weighted by atomic mass is 127. The van der Waals surface area contributed by atoms with E-state index in [9.17, 15) is 19.2 Å². The van der Waals surface area contributed by atoms with Gasteiger partial charge in [-0.1, -0.05) is 12.1 Å². The number of carbonyl (C=O) groups excluding carboxylic acids is 3. The van der Waals surface area contributed by atoms with Crippen molar-refractivity contribution in [3.05, 3.63) is 90.1 Å². The predicted octanol–water partition coefficient (Wildman–Crippen LogP) is 5.24. The number of amides is 4. The molecule has 0 aromatic heterocycles. The Morgan fingerprint density at radius 3 is 2.18 bits per heavy atom. The van der Waals surface area contributed by atoms with Crippen molar-refractivity contribution in [3.8, 4) is 11.5 Å². The first-order valence-electron chi connectivity index (χ1n) is 11.3. The number of urea groups is 1. The van der Waals surface area contributed by atoms with Crippen LogP contribution in [0.3, 0.4) is 0 Å². The molecular formula is C27H20I2N2O7. The first kappa shape index (κ1) is 27.6. The number of carboxylic acid groups (broad SMARTS) is 1. The zero-order valence-electron chi connectivity index (χ0n) is 19.9. The zero-order valence-corrected chi connectivity index (χ0v) is 24.2. The molecule has 11 heteroatoms. The molecule has 0 spiro atoms. The second-order valence-corrected chi connectivity index (χ2v) is 10.3. The number of imide groups is 2. The van der Waals surface area contributed by atoms with Crippen LogP contribution < -0.4 is 19.7 Å². The third-order valence-electron chi connectivity index (χ3n) is 5.42. The lowest BCUT2D eigenvalue weighted by molar-refractivity contribution is -0.122. The van der Waals surface area contributed by atoms with Crippen LogP contribution >= 0.6 is 45.2 Å². The van der Waals surface area contributed by atoms with Crippen LogP contribution in [-0.4, -0.2) is 35.5 Å². The molecule has 4 rings (SSSR count). The monoisotopic (exact) mass is 738 g/mol. The number of hydrogen-bond acceptors (Lipinski definition) is 6. The lowest BCUT2D eigenvalue weighted by Gasteiger charge is -2.26. The number of anilines is 1. The summed E-state index contributed by atoms with van der Waals surface area (Å²) in [5, 5.41) is 11.3. The summed E-state index contributed by atoms with van der Waals surface area (Å²) in [5.74, 6) is -1.31. The summed E-state index contributed by atoms with van der Waals surface area (Å²) in [6.45, 7) is 2.55. The molecule has 0 atom stereocenters. The maximum absolute atomic E-state index is 13.2. The van der Waals surface area contributed by atoms with Crippen molar-refractivity contribution in [2.24, 2.45) is 0 Å². The molecule has 0 aliphatic carbocycles. The number of nitrogens with zero attached hydrogens (tertiary/aromatic N) is 1. The minimum Gasteiger partial charge on any atom is -0.494 e. The quantitative estimate of drug-likeness (QED) is 0.184. The second-order valence-electron chi connectivity index (χ2n) is 7.99. The van der Waals surface area contributed by atoms with Crippen LogP contribution in [0.1, 0.15) is 28.4 Å². The number of ether oxygens (including phenoxy) is 2. The number of rotatable bonds is 8. The Bertz CT molecular complexity index is 1430. The van der Waals surface area contributed by atoms with Crippen LogP contribution in [0.4, 0.5) is 10.5 Å². The van der Waals surface area contributed by atoms with Gasteiger partial charge in [0.15, 0.2) is 0 Å². The number of carbonyl (C=O) groups is 4. The summed E-state index contributed by atoms with van der Waals surface area (Å²) < 4.78 is 12.9. The maximum Gasteiger partial charge on any atom is 0.335 e. The molecule has 1 aliphatic rings. The Morgan fingerprint density at radius 2 is 1.61 bits per heavy atom. The predicted molar refractivity (Wildman–Crippen MR) is 156 cm³/mol. The first-order chi connectivity index (χ1) is 18.2. The van der Waals surface area contributed by atoms with Crippen LogP contribution in [0.5, 0.6) is 11.5 Å². The molecule has 4 amide bonds. The second kappa shape index (κ2) is 11.9. The van der Waals surface area contributed by atoms with Gasteiger partial charge in [0.1, 0.15) is 23.7 Å². The molecule has 0 radical (unpaired) electrons. The van der Waals surface area contributed by atoms with Crippen molar-refractivity contribution in [2.75, 3.05) is 11.5 Å². The SMILES string of the molecule is CCOc1ccc(N2C(=O)NC(=O)/C(=C\c3cc(I)c(OCc4ccc(C(=O)O)cc4)c(I)c3)C2=O)cc1. The molecule has 38 heavy (non-hydrogen) atoms. The summed E-state index contributed by atoms with van der Waals surface area (Å²) >= 11 is 4.20. The third kappa shape index (κ3) is 6.15. The fourth-order valence-electron chi connectivity index (χ4n) is 3.62. The standard InChI is InChI=1S/C27H20I2N2O7/c1-2-37-19-9-7-18(8-10-19)31-25(33)20(24(32)30-27(31)36)11-16-12-21(28)23(22(29)13-16)38-14-15-3-5-17(6-4-15)26(34)35/h3-13H,2,14H2,1H3,(H,34,35)(H,30,32,36)/b20-11+. The summed E-state index contributed by atoms with van der Waals surface area (Å²) in [5.41, 5.74) is 1.70. The lowest BCUT2D eigenvalue weighted by atomic mass is 10.1. The van der Waals surface area contributed by atoms with Gasteiger partial charge in [-0.15, -0.1) is 0 Å². The van der Waals surface area contributed by atoms with E-state index in [0.717, 1.165) is 17.6 Å². The van der Waals surface area contributed by atoms with Crippen molar-refractivity contribution in [1.29, 1.82) is 0 Å². The Labute approximate surface area is 245 Å². The molecule has 194 valence electrons. The maximum atomic E-state index is 13.2. The van der Waals surface area contributed by atoms with E-state index in [2.05, 4.69) is 50.5 Å². The van der Waals surface area contributed by atoms with Gasteiger partial charge in [-0.05, 0) is 118 Å². The number of carboxylic acids is 1. The molecule has 0 unspecified atom stereocenters. The van der Waals surface area contributed by atoms with E-state index >= 15 is 0 Å². The van der Waals surface area contributed by atoms with Gasteiger partial charge in [-0.2, -0.15) is 0 Å². The summed E-state index contributed by atoms with van der Waals surface area (Å²) in [4.78, 5) is 50.2. The summed E-state index contributed by atoms with van der Waals surface area (Å²) in [7, 11) is 0. The molecule has 9 nitrogen and oxygen atoms in total. The molecule has 3 aromatic carbocycles. The number of nitrogens with one attached hydrogen (secondary N) is 1. The van der Waals surface area contributed by atoms with E-state index in [1.807, 2.05) is 6.92 Å². The fraction of sp³-hybridized carbons (Fsp3) is 0.111. The Morgan fingerprint density at radius 1 is 0.974 bits per heavy atom. The average Bonchev–Trinajstić information content (AvgIpc) is 2.87. The molecule has 1 heterocycles. The van der Waals surface area contributed by atoms with E-state index in [1.165, 1.54) is 18.2 Å². The molecule has 1 aliphatic heterocycles. The molecule has 0 saturated carbocycles. The van der Waals surface area contributed by atoms with E-state index in [4.69, 9.17) is 14.6 Å². The van der Waals surface area contributed by atoms with Crippen molar-refractivity contribution >= 4 is 80.8 Å².